The lowest BCUT2D eigenvalue weighted by molar-refractivity contribution is -0.129. The molecule has 1 aliphatic rings. The van der Waals surface area contributed by atoms with Gasteiger partial charge in [0.15, 0.2) is 0 Å². The summed E-state index contributed by atoms with van der Waals surface area (Å²) in [5.41, 5.74) is 2.86. The Labute approximate surface area is 107 Å². The highest BCUT2D eigenvalue weighted by Gasteiger charge is 2.29. The van der Waals surface area contributed by atoms with E-state index in [9.17, 15) is 9.90 Å². The van der Waals surface area contributed by atoms with Gasteiger partial charge in [-0.25, -0.2) is 0 Å². The van der Waals surface area contributed by atoms with Crippen LogP contribution in [0.25, 0.3) is 0 Å². The lowest BCUT2D eigenvalue weighted by atomic mass is 10.0. The Bertz CT molecular complexity index is 420. The van der Waals surface area contributed by atoms with Gasteiger partial charge < -0.3 is 10.0 Å². The van der Waals surface area contributed by atoms with Crippen LogP contribution in [0, 0.1) is 19.8 Å². The summed E-state index contributed by atoms with van der Waals surface area (Å²) >= 11 is 0. The van der Waals surface area contributed by atoms with Crippen molar-refractivity contribution in [2.45, 2.75) is 39.7 Å². The van der Waals surface area contributed by atoms with E-state index in [0.717, 1.165) is 29.9 Å². The Hall–Kier alpha value is -1.36. The molecule has 5 heteroatoms. The van der Waals surface area contributed by atoms with Crippen molar-refractivity contribution in [3.63, 3.8) is 0 Å². The molecule has 1 fully saturated rings. The summed E-state index contributed by atoms with van der Waals surface area (Å²) in [6.07, 6.45) is 0.966. The van der Waals surface area contributed by atoms with Gasteiger partial charge in [0.05, 0.1) is 18.2 Å². The van der Waals surface area contributed by atoms with E-state index in [4.69, 9.17) is 0 Å². The zero-order valence-corrected chi connectivity index (χ0v) is 11.2. The lowest BCUT2D eigenvalue weighted by Gasteiger charge is -2.17. The van der Waals surface area contributed by atoms with Crippen LogP contribution in [-0.2, 0) is 11.2 Å². The molecule has 100 valence electrons. The van der Waals surface area contributed by atoms with Gasteiger partial charge in [-0.3, -0.25) is 9.89 Å². The van der Waals surface area contributed by atoms with E-state index < -0.39 is 0 Å². The van der Waals surface area contributed by atoms with Gasteiger partial charge in [0.25, 0.3) is 0 Å². The zero-order chi connectivity index (χ0) is 13.3. The minimum Gasteiger partial charge on any atom is -0.393 e. The molecule has 0 bridgehead atoms. The van der Waals surface area contributed by atoms with Crippen LogP contribution in [0.2, 0.25) is 0 Å². The summed E-state index contributed by atoms with van der Waals surface area (Å²) in [7, 11) is 0. The lowest BCUT2D eigenvalue weighted by Crippen LogP contribution is -2.31. The summed E-state index contributed by atoms with van der Waals surface area (Å²) in [6.45, 7) is 7.07. The van der Waals surface area contributed by atoms with Gasteiger partial charge in [-0.05, 0) is 27.2 Å². The first kappa shape index (κ1) is 13.1. The highest BCUT2D eigenvalue weighted by atomic mass is 16.3. The predicted octanol–water partition coefficient (Wildman–Crippen LogP) is 0.798. The molecule has 1 aromatic heterocycles. The molecule has 0 spiro atoms. The van der Waals surface area contributed by atoms with Crippen LogP contribution in [0.4, 0.5) is 0 Å². The smallest absolute Gasteiger partial charge is 0.227 e. The molecule has 2 unspecified atom stereocenters. The Morgan fingerprint density at radius 2 is 2.33 bits per heavy atom. The molecule has 2 atom stereocenters. The third-order valence-corrected chi connectivity index (χ3v) is 3.87. The van der Waals surface area contributed by atoms with Crippen molar-refractivity contribution in [3.05, 3.63) is 17.0 Å². The van der Waals surface area contributed by atoms with E-state index >= 15 is 0 Å². The van der Waals surface area contributed by atoms with Gasteiger partial charge in [-0.2, -0.15) is 5.10 Å². The second-order valence-electron chi connectivity index (χ2n) is 5.22. The number of aliphatic hydroxyl groups excluding tert-OH is 1. The van der Waals surface area contributed by atoms with Crippen molar-refractivity contribution < 1.29 is 9.90 Å². The molecule has 5 nitrogen and oxygen atoms in total. The molecule has 1 saturated heterocycles. The third-order valence-electron chi connectivity index (χ3n) is 3.87. The van der Waals surface area contributed by atoms with E-state index in [1.165, 1.54) is 0 Å². The summed E-state index contributed by atoms with van der Waals surface area (Å²) < 4.78 is 0. The number of H-pyrrole nitrogens is 1. The van der Waals surface area contributed by atoms with Crippen molar-refractivity contribution in [1.82, 2.24) is 15.1 Å². The molecule has 18 heavy (non-hydrogen) atoms. The van der Waals surface area contributed by atoms with Crippen LogP contribution in [-0.4, -0.2) is 45.3 Å². The van der Waals surface area contributed by atoms with Crippen molar-refractivity contribution in [2.75, 3.05) is 13.1 Å². The van der Waals surface area contributed by atoms with E-state index in [0.29, 0.717) is 13.0 Å². The minimum absolute atomic E-state index is 0.130. The van der Waals surface area contributed by atoms with Crippen LogP contribution >= 0.6 is 0 Å². The molecule has 0 aromatic carbocycles. The van der Waals surface area contributed by atoms with Crippen molar-refractivity contribution in [2.24, 2.45) is 5.92 Å². The van der Waals surface area contributed by atoms with Crippen LogP contribution in [0.1, 0.15) is 30.3 Å². The molecule has 1 aliphatic heterocycles. The molecule has 0 radical (unpaired) electrons. The number of aliphatic hydroxyl groups is 1. The number of hydrogen-bond donors (Lipinski definition) is 2. The summed E-state index contributed by atoms with van der Waals surface area (Å²) in [6, 6.07) is 0. The van der Waals surface area contributed by atoms with Crippen LogP contribution < -0.4 is 0 Å². The van der Waals surface area contributed by atoms with Crippen LogP contribution in [0.5, 0.6) is 0 Å². The molecule has 1 amide bonds. The van der Waals surface area contributed by atoms with Crippen molar-refractivity contribution >= 4 is 5.91 Å². The molecule has 2 heterocycles. The molecular weight excluding hydrogens is 230 g/mol. The summed E-state index contributed by atoms with van der Waals surface area (Å²) in [4.78, 5) is 14.0. The maximum absolute atomic E-state index is 12.2. The minimum atomic E-state index is -0.333. The fourth-order valence-electron chi connectivity index (χ4n) is 2.51. The second kappa shape index (κ2) is 5.10. The fraction of sp³-hybridized carbons (Fsp3) is 0.692. The number of carbonyl (C=O) groups is 1. The Morgan fingerprint density at radius 1 is 1.61 bits per heavy atom. The Balaban J connectivity index is 1.98. The number of aryl methyl sites for hydroxylation is 2. The summed E-state index contributed by atoms with van der Waals surface area (Å²) in [5, 5.41) is 16.5. The monoisotopic (exact) mass is 251 g/mol. The average Bonchev–Trinajstić information content (AvgIpc) is 2.91. The van der Waals surface area contributed by atoms with Gasteiger partial charge in [0.2, 0.25) is 5.91 Å². The first-order valence-corrected chi connectivity index (χ1v) is 6.45. The van der Waals surface area contributed by atoms with E-state index in [2.05, 4.69) is 10.2 Å². The van der Waals surface area contributed by atoms with Gasteiger partial charge in [0, 0.05) is 30.3 Å². The topological polar surface area (TPSA) is 69.2 Å². The maximum atomic E-state index is 12.2. The first-order chi connectivity index (χ1) is 8.49. The van der Waals surface area contributed by atoms with E-state index in [1.807, 2.05) is 18.7 Å². The van der Waals surface area contributed by atoms with Gasteiger partial charge in [0.1, 0.15) is 0 Å². The number of likely N-dealkylation sites (tertiary alicyclic amines) is 1. The number of rotatable bonds is 3. The van der Waals surface area contributed by atoms with E-state index in [1.54, 1.807) is 6.92 Å². The Morgan fingerprint density at radius 3 is 2.83 bits per heavy atom. The molecule has 2 rings (SSSR count). The number of nitrogens with zero attached hydrogens (tertiary/aromatic N) is 2. The molecule has 0 saturated carbocycles. The first-order valence-electron chi connectivity index (χ1n) is 6.45. The largest absolute Gasteiger partial charge is 0.393 e. The normalized spacial score (nSPS) is 21.3. The molecule has 2 N–H and O–H groups in total. The maximum Gasteiger partial charge on any atom is 0.227 e. The molecular formula is C13H21N3O2. The van der Waals surface area contributed by atoms with Gasteiger partial charge >= 0.3 is 0 Å². The van der Waals surface area contributed by atoms with Gasteiger partial charge in [-0.1, -0.05) is 0 Å². The third kappa shape index (κ3) is 2.56. The number of aromatic nitrogens is 2. The number of aromatic amines is 1. The van der Waals surface area contributed by atoms with Crippen molar-refractivity contribution in [3.8, 4) is 0 Å². The number of nitrogens with one attached hydrogen (secondary N) is 1. The average molecular weight is 251 g/mol. The van der Waals surface area contributed by atoms with Crippen molar-refractivity contribution in [1.29, 1.82) is 0 Å². The number of carbonyl (C=O) groups excluding carboxylic acids is 1. The molecule has 1 aromatic rings. The predicted molar refractivity (Wildman–Crippen MR) is 68.1 cm³/mol. The van der Waals surface area contributed by atoms with Gasteiger partial charge in [-0.15, -0.1) is 0 Å². The fourth-order valence-corrected chi connectivity index (χ4v) is 2.51. The number of amides is 1. The highest BCUT2D eigenvalue weighted by Crippen LogP contribution is 2.21. The zero-order valence-electron chi connectivity index (χ0n) is 11.2. The highest BCUT2D eigenvalue weighted by molar-refractivity contribution is 5.79. The molecule has 0 aliphatic carbocycles. The second-order valence-corrected chi connectivity index (χ2v) is 5.22. The SMILES string of the molecule is Cc1n[nH]c(C)c1CC(=O)N1CCC(C(C)O)C1. The Kier molecular flexibility index (Phi) is 3.71. The quantitative estimate of drug-likeness (QED) is 0.835. The standard InChI is InChI=1S/C13H21N3O2/c1-8-12(9(2)15-14-8)6-13(18)16-5-4-11(7-16)10(3)17/h10-11,17H,4-7H2,1-3H3,(H,14,15). The van der Waals surface area contributed by atoms with Crippen LogP contribution in [0.15, 0.2) is 0 Å². The number of hydrogen-bond acceptors (Lipinski definition) is 3. The van der Waals surface area contributed by atoms with E-state index in [-0.39, 0.29) is 17.9 Å². The van der Waals surface area contributed by atoms with Crippen LogP contribution in [0.3, 0.4) is 0 Å². The summed E-state index contributed by atoms with van der Waals surface area (Å²) in [5.74, 6) is 0.353.